The molecule has 0 aliphatic rings. The minimum Gasteiger partial charge on any atom is -0.340 e. The first-order valence-electron chi connectivity index (χ1n) is 9.23. The lowest BCUT2D eigenvalue weighted by Gasteiger charge is -2.21. The Bertz CT molecular complexity index is 889. The standard InChI is InChI=1S/C22H25N3OS/c1-17-10-7-8-13-19(17)21(26)25(15-9-14-24(2)3)22-23-20(16-27-22)18-11-5-4-6-12-18/h4-8,10-13,16H,9,14-15H2,1-3H3/p+1. The Kier molecular flexibility index (Phi) is 6.37. The summed E-state index contributed by atoms with van der Waals surface area (Å²) in [6, 6.07) is 17.8. The molecule has 1 heterocycles. The lowest BCUT2D eigenvalue weighted by molar-refractivity contribution is -0.858. The molecule has 0 saturated heterocycles. The van der Waals surface area contributed by atoms with Crippen LogP contribution in [0.5, 0.6) is 0 Å². The summed E-state index contributed by atoms with van der Waals surface area (Å²) in [5, 5.41) is 2.79. The molecule has 1 N–H and O–H groups in total. The van der Waals surface area contributed by atoms with Gasteiger partial charge < -0.3 is 4.90 Å². The summed E-state index contributed by atoms with van der Waals surface area (Å²) in [6.45, 7) is 3.65. The molecule has 5 heteroatoms. The van der Waals surface area contributed by atoms with Crippen LogP contribution in [0.4, 0.5) is 5.13 Å². The highest BCUT2D eigenvalue weighted by molar-refractivity contribution is 7.14. The van der Waals surface area contributed by atoms with Crippen LogP contribution in [0, 0.1) is 6.92 Å². The van der Waals surface area contributed by atoms with Gasteiger partial charge in [0, 0.05) is 29.5 Å². The van der Waals surface area contributed by atoms with Crippen molar-refractivity contribution in [3.05, 3.63) is 71.1 Å². The zero-order valence-corrected chi connectivity index (χ0v) is 16.9. The van der Waals surface area contributed by atoms with Crippen LogP contribution in [0.25, 0.3) is 11.3 Å². The maximum atomic E-state index is 13.3. The number of thiazole rings is 1. The first-order valence-corrected chi connectivity index (χ1v) is 10.1. The Labute approximate surface area is 165 Å². The Morgan fingerprint density at radius 1 is 1.07 bits per heavy atom. The summed E-state index contributed by atoms with van der Waals surface area (Å²) >= 11 is 1.53. The summed E-state index contributed by atoms with van der Waals surface area (Å²) in [7, 11) is 4.26. The van der Waals surface area contributed by atoms with Gasteiger partial charge in [0.05, 0.1) is 26.3 Å². The number of quaternary nitrogens is 1. The van der Waals surface area contributed by atoms with Crippen LogP contribution in [0.1, 0.15) is 22.3 Å². The quantitative estimate of drug-likeness (QED) is 0.683. The van der Waals surface area contributed by atoms with Crippen molar-refractivity contribution in [3.8, 4) is 11.3 Å². The summed E-state index contributed by atoms with van der Waals surface area (Å²) in [4.78, 5) is 21.3. The minimum atomic E-state index is 0.0239. The lowest BCUT2D eigenvalue weighted by atomic mass is 10.1. The lowest BCUT2D eigenvalue weighted by Crippen LogP contribution is -3.05. The number of aryl methyl sites for hydroxylation is 1. The van der Waals surface area contributed by atoms with E-state index in [1.807, 2.05) is 71.8 Å². The molecular weight excluding hydrogens is 354 g/mol. The fourth-order valence-corrected chi connectivity index (χ4v) is 3.82. The Hall–Kier alpha value is -2.50. The van der Waals surface area contributed by atoms with E-state index in [9.17, 15) is 4.79 Å². The van der Waals surface area contributed by atoms with Crippen LogP contribution in [-0.4, -0.2) is 38.1 Å². The van der Waals surface area contributed by atoms with Crippen molar-refractivity contribution in [2.24, 2.45) is 0 Å². The van der Waals surface area contributed by atoms with Crippen molar-refractivity contribution >= 4 is 22.4 Å². The predicted molar refractivity (Wildman–Crippen MR) is 113 cm³/mol. The molecule has 0 fully saturated rings. The van der Waals surface area contributed by atoms with Gasteiger partial charge in [0.1, 0.15) is 0 Å². The molecule has 4 nitrogen and oxygen atoms in total. The number of aromatic nitrogens is 1. The van der Waals surface area contributed by atoms with Gasteiger partial charge >= 0.3 is 0 Å². The normalized spacial score (nSPS) is 11.0. The molecule has 3 rings (SSSR count). The van der Waals surface area contributed by atoms with Crippen LogP contribution in [0.15, 0.2) is 60.0 Å². The largest absolute Gasteiger partial charge is 0.340 e. The van der Waals surface area contributed by atoms with E-state index in [0.717, 1.165) is 40.5 Å². The fraction of sp³-hybridized carbons (Fsp3) is 0.273. The summed E-state index contributed by atoms with van der Waals surface area (Å²) in [6.07, 6.45) is 0.931. The molecule has 0 aliphatic carbocycles. The molecular formula is C22H26N3OS+. The van der Waals surface area contributed by atoms with Crippen molar-refractivity contribution in [1.29, 1.82) is 0 Å². The van der Waals surface area contributed by atoms with Crippen LogP contribution < -0.4 is 9.80 Å². The molecule has 3 aromatic rings. The second kappa shape index (κ2) is 8.93. The molecule has 0 unspecified atom stereocenters. The Morgan fingerprint density at radius 2 is 1.78 bits per heavy atom. The van der Waals surface area contributed by atoms with Gasteiger partial charge in [0.15, 0.2) is 5.13 Å². The molecule has 0 bridgehead atoms. The number of amides is 1. The minimum absolute atomic E-state index is 0.0239. The van der Waals surface area contributed by atoms with Gasteiger partial charge in [-0.1, -0.05) is 48.5 Å². The number of anilines is 1. The van der Waals surface area contributed by atoms with Crippen molar-refractivity contribution in [1.82, 2.24) is 4.98 Å². The topological polar surface area (TPSA) is 37.6 Å². The number of carbonyl (C=O) groups is 1. The number of benzene rings is 2. The zero-order valence-electron chi connectivity index (χ0n) is 16.1. The van der Waals surface area contributed by atoms with Gasteiger partial charge in [-0.3, -0.25) is 9.69 Å². The van der Waals surface area contributed by atoms with Crippen molar-refractivity contribution in [2.75, 3.05) is 32.1 Å². The molecule has 0 saturated carbocycles. The van der Waals surface area contributed by atoms with E-state index in [1.54, 1.807) is 0 Å². The number of hydrogen-bond donors (Lipinski definition) is 1. The summed E-state index contributed by atoms with van der Waals surface area (Å²) in [5.74, 6) is 0.0239. The summed E-state index contributed by atoms with van der Waals surface area (Å²) in [5.41, 5.74) is 3.72. The first-order chi connectivity index (χ1) is 13.1. The molecule has 1 aromatic heterocycles. The average molecular weight is 381 g/mol. The predicted octanol–water partition coefficient (Wildman–Crippen LogP) is 3.30. The number of carbonyl (C=O) groups excluding carboxylic acids is 1. The van der Waals surface area contributed by atoms with Crippen LogP contribution in [0.2, 0.25) is 0 Å². The molecule has 27 heavy (non-hydrogen) atoms. The third kappa shape index (κ3) is 4.81. The molecule has 0 aliphatic heterocycles. The molecule has 0 radical (unpaired) electrons. The highest BCUT2D eigenvalue weighted by atomic mass is 32.1. The van der Waals surface area contributed by atoms with Crippen molar-refractivity contribution in [3.63, 3.8) is 0 Å². The maximum Gasteiger partial charge on any atom is 0.260 e. The van der Waals surface area contributed by atoms with E-state index in [-0.39, 0.29) is 5.91 Å². The van der Waals surface area contributed by atoms with E-state index in [1.165, 1.54) is 16.2 Å². The highest BCUT2D eigenvalue weighted by Gasteiger charge is 2.22. The zero-order chi connectivity index (χ0) is 19.2. The number of hydrogen-bond acceptors (Lipinski definition) is 3. The van der Waals surface area contributed by atoms with E-state index in [4.69, 9.17) is 4.98 Å². The highest BCUT2D eigenvalue weighted by Crippen LogP contribution is 2.28. The van der Waals surface area contributed by atoms with E-state index in [2.05, 4.69) is 14.1 Å². The first kappa shape index (κ1) is 19.3. The molecule has 140 valence electrons. The second-order valence-electron chi connectivity index (χ2n) is 6.96. The van der Waals surface area contributed by atoms with Gasteiger partial charge in [0.2, 0.25) is 0 Å². The fourth-order valence-electron chi connectivity index (χ4n) is 2.96. The van der Waals surface area contributed by atoms with Gasteiger partial charge in [-0.25, -0.2) is 4.98 Å². The van der Waals surface area contributed by atoms with Gasteiger partial charge in [-0.05, 0) is 18.6 Å². The summed E-state index contributed by atoms with van der Waals surface area (Å²) < 4.78 is 0. The third-order valence-corrected chi connectivity index (χ3v) is 5.34. The number of nitrogens with zero attached hydrogens (tertiary/aromatic N) is 2. The average Bonchev–Trinajstić information content (AvgIpc) is 3.15. The van der Waals surface area contributed by atoms with Gasteiger partial charge in [0.25, 0.3) is 5.91 Å². The van der Waals surface area contributed by atoms with E-state index >= 15 is 0 Å². The van der Waals surface area contributed by atoms with Crippen LogP contribution >= 0.6 is 11.3 Å². The van der Waals surface area contributed by atoms with Crippen molar-refractivity contribution < 1.29 is 9.69 Å². The van der Waals surface area contributed by atoms with Crippen LogP contribution in [-0.2, 0) is 0 Å². The SMILES string of the molecule is Cc1ccccc1C(=O)N(CCC[NH+](C)C)c1nc(-c2ccccc2)cs1. The van der Waals surface area contributed by atoms with Gasteiger partial charge in [-0.15, -0.1) is 11.3 Å². The smallest absolute Gasteiger partial charge is 0.260 e. The second-order valence-corrected chi connectivity index (χ2v) is 7.80. The van der Waals surface area contributed by atoms with Crippen molar-refractivity contribution in [2.45, 2.75) is 13.3 Å². The van der Waals surface area contributed by atoms with Gasteiger partial charge in [-0.2, -0.15) is 0 Å². The number of rotatable bonds is 7. The van der Waals surface area contributed by atoms with E-state index in [0.29, 0.717) is 6.54 Å². The van der Waals surface area contributed by atoms with Crippen LogP contribution in [0.3, 0.4) is 0 Å². The van der Waals surface area contributed by atoms with E-state index < -0.39 is 0 Å². The third-order valence-electron chi connectivity index (χ3n) is 4.47. The Balaban J connectivity index is 1.89. The monoisotopic (exact) mass is 380 g/mol. The molecule has 1 amide bonds. The maximum absolute atomic E-state index is 13.3. The number of nitrogens with one attached hydrogen (secondary N) is 1. The molecule has 0 atom stereocenters. The Morgan fingerprint density at radius 3 is 2.48 bits per heavy atom. The molecule has 0 spiro atoms. The molecule has 2 aromatic carbocycles.